The van der Waals surface area contributed by atoms with E-state index in [1.807, 2.05) is 29.6 Å². The van der Waals surface area contributed by atoms with Crippen LogP contribution < -0.4 is 10.1 Å². The number of carbonyl (C=O) groups excluding carboxylic acids is 1. The molecule has 1 heterocycles. The third-order valence-electron chi connectivity index (χ3n) is 3.11. The van der Waals surface area contributed by atoms with Crippen LogP contribution in [0.4, 0.5) is 5.13 Å². The maximum absolute atomic E-state index is 11.6. The van der Waals surface area contributed by atoms with Crippen LogP contribution in [0, 0.1) is 0 Å². The largest absolute Gasteiger partial charge is 0.484 e. The van der Waals surface area contributed by atoms with Gasteiger partial charge in [0.2, 0.25) is 0 Å². The Morgan fingerprint density at radius 1 is 1.40 bits per heavy atom. The molecule has 1 atom stereocenters. The van der Waals surface area contributed by atoms with Gasteiger partial charge in [0.25, 0.3) is 5.91 Å². The van der Waals surface area contributed by atoms with E-state index in [1.54, 1.807) is 6.20 Å². The van der Waals surface area contributed by atoms with Crippen molar-refractivity contribution in [2.75, 3.05) is 11.9 Å². The van der Waals surface area contributed by atoms with Gasteiger partial charge in [0.1, 0.15) is 5.75 Å². The quantitative estimate of drug-likeness (QED) is 0.883. The zero-order valence-corrected chi connectivity index (χ0v) is 12.4. The third kappa shape index (κ3) is 4.06. The van der Waals surface area contributed by atoms with E-state index in [-0.39, 0.29) is 12.5 Å². The standard InChI is InChI=1S/C15H18N2O2S/c1-3-11(2)12-4-6-13(7-5-12)19-10-14(18)17-15-16-8-9-20-15/h4-9,11H,3,10H2,1-2H3,(H,16,17,18)/t11-/m1/s1. The van der Waals surface area contributed by atoms with Gasteiger partial charge >= 0.3 is 0 Å². The first-order chi connectivity index (χ1) is 9.69. The van der Waals surface area contributed by atoms with Gasteiger partial charge in [-0.1, -0.05) is 26.0 Å². The molecule has 0 aliphatic carbocycles. The molecule has 1 aromatic heterocycles. The molecule has 5 heteroatoms. The van der Waals surface area contributed by atoms with Crippen molar-refractivity contribution in [2.24, 2.45) is 0 Å². The minimum atomic E-state index is -0.203. The van der Waals surface area contributed by atoms with Gasteiger partial charge in [-0.2, -0.15) is 0 Å². The van der Waals surface area contributed by atoms with Gasteiger partial charge in [0.05, 0.1) is 0 Å². The molecule has 0 fully saturated rings. The molecular formula is C15H18N2O2S. The topological polar surface area (TPSA) is 51.2 Å². The van der Waals surface area contributed by atoms with E-state index in [0.717, 1.165) is 6.42 Å². The molecule has 1 aromatic carbocycles. The highest BCUT2D eigenvalue weighted by atomic mass is 32.1. The van der Waals surface area contributed by atoms with Crippen molar-refractivity contribution in [3.05, 3.63) is 41.4 Å². The Kier molecular flexibility index (Phi) is 5.12. The van der Waals surface area contributed by atoms with Crippen molar-refractivity contribution in [1.29, 1.82) is 0 Å². The molecule has 2 aromatic rings. The van der Waals surface area contributed by atoms with Crippen LogP contribution in [0.15, 0.2) is 35.8 Å². The summed E-state index contributed by atoms with van der Waals surface area (Å²) in [4.78, 5) is 15.6. The second-order valence-corrected chi connectivity index (χ2v) is 5.45. The van der Waals surface area contributed by atoms with E-state index in [4.69, 9.17) is 4.74 Å². The van der Waals surface area contributed by atoms with Crippen molar-refractivity contribution in [1.82, 2.24) is 4.98 Å². The lowest BCUT2D eigenvalue weighted by Gasteiger charge is -2.10. The third-order valence-corrected chi connectivity index (χ3v) is 3.80. The SMILES string of the molecule is CC[C@@H](C)c1ccc(OCC(=O)Nc2nccs2)cc1. The molecule has 1 amide bonds. The number of hydrogen-bond donors (Lipinski definition) is 1. The van der Waals surface area contributed by atoms with E-state index in [2.05, 4.69) is 24.1 Å². The predicted octanol–water partition coefficient (Wildman–Crippen LogP) is 3.67. The van der Waals surface area contributed by atoms with Crippen LogP contribution >= 0.6 is 11.3 Å². The minimum Gasteiger partial charge on any atom is -0.484 e. The Hall–Kier alpha value is -1.88. The van der Waals surface area contributed by atoms with E-state index >= 15 is 0 Å². The number of nitrogens with one attached hydrogen (secondary N) is 1. The number of rotatable bonds is 6. The molecule has 0 spiro atoms. The molecule has 0 radical (unpaired) electrons. The molecule has 0 saturated carbocycles. The summed E-state index contributed by atoms with van der Waals surface area (Å²) in [7, 11) is 0. The highest BCUT2D eigenvalue weighted by molar-refractivity contribution is 7.13. The fourth-order valence-corrected chi connectivity index (χ4v) is 2.26. The van der Waals surface area contributed by atoms with Crippen LogP contribution in [0.5, 0.6) is 5.75 Å². The molecule has 0 unspecified atom stereocenters. The van der Waals surface area contributed by atoms with E-state index in [1.165, 1.54) is 16.9 Å². The highest BCUT2D eigenvalue weighted by Gasteiger charge is 2.06. The number of nitrogens with zero attached hydrogens (tertiary/aromatic N) is 1. The van der Waals surface area contributed by atoms with Crippen LogP contribution in [0.1, 0.15) is 31.7 Å². The summed E-state index contributed by atoms with van der Waals surface area (Å²) in [5.41, 5.74) is 1.28. The fourth-order valence-electron chi connectivity index (χ4n) is 1.72. The van der Waals surface area contributed by atoms with E-state index in [0.29, 0.717) is 16.8 Å². The molecule has 0 aliphatic rings. The Bertz CT molecular complexity index is 538. The summed E-state index contributed by atoms with van der Waals surface area (Å²) in [6, 6.07) is 7.89. The van der Waals surface area contributed by atoms with Gasteiger partial charge in [0, 0.05) is 11.6 Å². The number of hydrogen-bond acceptors (Lipinski definition) is 4. The summed E-state index contributed by atoms with van der Waals surface area (Å²) in [5.74, 6) is 1.04. The summed E-state index contributed by atoms with van der Waals surface area (Å²) in [6.07, 6.45) is 2.76. The Labute approximate surface area is 122 Å². The first-order valence-electron chi connectivity index (χ1n) is 6.61. The van der Waals surface area contributed by atoms with Gasteiger partial charge in [-0.25, -0.2) is 4.98 Å². The Balaban J connectivity index is 1.83. The molecule has 20 heavy (non-hydrogen) atoms. The smallest absolute Gasteiger partial charge is 0.264 e. The number of amides is 1. The van der Waals surface area contributed by atoms with Gasteiger partial charge in [-0.15, -0.1) is 11.3 Å². The lowest BCUT2D eigenvalue weighted by atomic mass is 9.99. The van der Waals surface area contributed by atoms with Crippen molar-refractivity contribution >= 4 is 22.4 Å². The number of aromatic nitrogens is 1. The van der Waals surface area contributed by atoms with E-state index < -0.39 is 0 Å². The second kappa shape index (κ2) is 7.05. The Morgan fingerprint density at radius 2 is 2.15 bits per heavy atom. The summed E-state index contributed by atoms with van der Waals surface area (Å²) in [5, 5.41) is 5.07. The zero-order valence-electron chi connectivity index (χ0n) is 11.6. The molecule has 1 N–H and O–H groups in total. The first-order valence-corrected chi connectivity index (χ1v) is 7.49. The zero-order chi connectivity index (χ0) is 14.4. The van der Waals surface area contributed by atoms with Crippen molar-refractivity contribution < 1.29 is 9.53 Å². The lowest BCUT2D eigenvalue weighted by molar-refractivity contribution is -0.118. The number of carbonyl (C=O) groups is 1. The fraction of sp³-hybridized carbons (Fsp3) is 0.333. The average Bonchev–Trinajstić information content (AvgIpc) is 2.97. The maximum Gasteiger partial charge on any atom is 0.264 e. The van der Waals surface area contributed by atoms with Crippen LogP contribution in [-0.4, -0.2) is 17.5 Å². The van der Waals surface area contributed by atoms with Crippen LogP contribution in [-0.2, 0) is 4.79 Å². The van der Waals surface area contributed by atoms with Crippen LogP contribution in [0.25, 0.3) is 0 Å². The van der Waals surface area contributed by atoms with Crippen molar-refractivity contribution in [3.8, 4) is 5.75 Å². The summed E-state index contributed by atoms with van der Waals surface area (Å²) in [6.45, 7) is 4.34. The molecule has 0 bridgehead atoms. The maximum atomic E-state index is 11.6. The number of benzene rings is 1. The first kappa shape index (κ1) is 14.5. The number of anilines is 1. The molecule has 2 rings (SSSR count). The molecule has 0 saturated heterocycles. The van der Waals surface area contributed by atoms with Gasteiger partial charge < -0.3 is 4.74 Å². The second-order valence-electron chi connectivity index (χ2n) is 4.55. The highest BCUT2D eigenvalue weighted by Crippen LogP contribution is 2.21. The molecule has 106 valence electrons. The van der Waals surface area contributed by atoms with Crippen LogP contribution in [0.2, 0.25) is 0 Å². The summed E-state index contributed by atoms with van der Waals surface area (Å²) < 4.78 is 5.45. The monoisotopic (exact) mass is 290 g/mol. The number of ether oxygens (including phenoxy) is 1. The van der Waals surface area contributed by atoms with Gasteiger partial charge in [-0.05, 0) is 30.0 Å². The normalized spacial score (nSPS) is 11.9. The lowest BCUT2D eigenvalue weighted by Crippen LogP contribution is -2.19. The van der Waals surface area contributed by atoms with Gasteiger partial charge in [0.15, 0.2) is 11.7 Å². The van der Waals surface area contributed by atoms with Gasteiger partial charge in [-0.3, -0.25) is 10.1 Å². The van der Waals surface area contributed by atoms with E-state index in [9.17, 15) is 4.79 Å². The van der Waals surface area contributed by atoms with Crippen molar-refractivity contribution in [3.63, 3.8) is 0 Å². The molecular weight excluding hydrogens is 272 g/mol. The Morgan fingerprint density at radius 3 is 2.75 bits per heavy atom. The molecule has 4 nitrogen and oxygen atoms in total. The number of thiazole rings is 1. The average molecular weight is 290 g/mol. The van der Waals surface area contributed by atoms with Crippen molar-refractivity contribution in [2.45, 2.75) is 26.2 Å². The predicted molar refractivity (Wildman–Crippen MR) is 81.4 cm³/mol. The molecule has 0 aliphatic heterocycles. The minimum absolute atomic E-state index is 0.0116. The summed E-state index contributed by atoms with van der Waals surface area (Å²) >= 11 is 1.38. The van der Waals surface area contributed by atoms with Crippen LogP contribution in [0.3, 0.4) is 0 Å².